The number of aryl methyl sites for hydroxylation is 1. The Balaban J connectivity index is 1.51. The van der Waals surface area contributed by atoms with Gasteiger partial charge < -0.3 is 14.3 Å². The molecule has 0 bridgehead atoms. The monoisotopic (exact) mass is 418 g/mol. The van der Waals surface area contributed by atoms with Crippen LogP contribution in [0.4, 0.5) is 0 Å². The predicted molar refractivity (Wildman–Crippen MR) is 108 cm³/mol. The maximum absolute atomic E-state index is 12.7. The van der Waals surface area contributed by atoms with Crippen LogP contribution in [0.15, 0.2) is 34.7 Å². The van der Waals surface area contributed by atoms with E-state index in [0.29, 0.717) is 21.4 Å². The van der Waals surface area contributed by atoms with Crippen LogP contribution in [0.1, 0.15) is 54.4 Å². The van der Waals surface area contributed by atoms with Crippen molar-refractivity contribution in [3.63, 3.8) is 0 Å². The molecular formula is C20H20Cl2N4O2. The third kappa shape index (κ3) is 3.80. The number of fused-ring (bicyclic) bond motifs is 1. The summed E-state index contributed by atoms with van der Waals surface area (Å²) in [6, 6.07) is 8.15. The molecule has 0 radical (unpaired) electrons. The first-order valence-electron chi connectivity index (χ1n) is 9.31. The molecule has 0 saturated carbocycles. The number of benzene rings is 1. The Hall–Kier alpha value is -2.31. The van der Waals surface area contributed by atoms with Gasteiger partial charge in [-0.25, -0.2) is 0 Å². The van der Waals surface area contributed by atoms with E-state index in [2.05, 4.69) is 20.1 Å². The highest BCUT2D eigenvalue weighted by atomic mass is 35.5. The van der Waals surface area contributed by atoms with Gasteiger partial charge in [0.25, 0.3) is 5.91 Å². The van der Waals surface area contributed by atoms with Crippen LogP contribution in [0.3, 0.4) is 0 Å². The van der Waals surface area contributed by atoms with Crippen LogP contribution in [0.2, 0.25) is 10.0 Å². The lowest BCUT2D eigenvalue weighted by molar-refractivity contribution is 0.0910. The first-order valence-corrected chi connectivity index (χ1v) is 10.1. The lowest BCUT2D eigenvalue weighted by Gasteiger charge is -2.14. The molecule has 1 aromatic carbocycles. The quantitative estimate of drug-likeness (QED) is 0.642. The van der Waals surface area contributed by atoms with E-state index in [4.69, 9.17) is 27.6 Å². The molecule has 0 spiro atoms. The molecule has 1 aliphatic rings. The van der Waals surface area contributed by atoms with E-state index in [0.717, 1.165) is 37.5 Å². The summed E-state index contributed by atoms with van der Waals surface area (Å²) < 4.78 is 7.84. The molecule has 0 saturated heterocycles. The largest absolute Gasteiger partial charge is 0.451 e. The highest BCUT2D eigenvalue weighted by Gasteiger charge is 2.22. The van der Waals surface area contributed by atoms with Crippen molar-refractivity contribution in [2.45, 2.75) is 45.2 Å². The Morgan fingerprint density at radius 1 is 1.18 bits per heavy atom. The Morgan fingerprint density at radius 3 is 2.89 bits per heavy atom. The zero-order chi connectivity index (χ0) is 19.7. The third-order valence-electron chi connectivity index (χ3n) is 4.90. The first kappa shape index (κ1) is 19.0. The summed E-state index contributed by atoms with van der Waals surface area (Å²) in [6.45, 7) is 2.79. The minimum absolute atomic E-state index is 0.202. The molecule has 2 aromatic heterocycles. The number of furan rings is 1. The Labute approximate surface area is 172 Å². The second kappa shape index (κ2) is 7.97. The van der Waals surface area contributed by atoms with Gasteiger partial charge in [0.1, 0.15) is 11.6 Å². The van der Waals surface area contributed by atoms with E-state index in [1.54, 1.807) is 30.3 Å². The van der Waals surface area contributed by atoms with Crippen LogP contribution < -0.4 is 5.32 Å². The minimum Gasteiger partial charge on any atom is -0.451 e. The van der Waals surface area contributed by atoms with Gasteiger partial charge in [-0.1, -0.05) is 29.6 Å². The lowest BCUT2D eigenvalue weighted by Crippen LogP contribution is -2.28. The summed E-state index contributed by atoms with van der Waals surface area (Å²) in [5.41, 5.74) is 0.643. The molecule has 146 valence electrons. The minimum atomic E-state index is -0.317. The van der Waals surface area contributed by atoms with Crippen LogP contribution in [-0.4, -0.2) is 20.7 Å². The van der Waals surface area contributed by atoms with Crippen molar-refractivity contribution in [2.24, 2.45) is 0 Å². The van der Waals surface area contributed by atoms with Crippen molar-refractivity contribution < 1.29 is 9.21 Å². The second-order valence-electron chi connectivity index (χ2n) is 6.92. The van der Waals surface area contributed by atoms with Crippen LogP contribution >= 0.6 is 23.2 Å². The van der Waals surface area contributed by atoms with E-state index >= 15 is 0 Å². The number of aromatic nitrogens is 3. The average Bonchev–Trinajstić information content (AvgIpc) is 3.26. The molecule has 0 aliphatic carbocycles. The van der Waals surface area contributed by atoms with Gasteiger partial charge in [-0.05, 0) is 50.1 Å². The number of carbonyl (C=O) groups is 1. The number of rotatable bonds is 4. The summed E-state index contributed by atoms with van der Waals surface area (Å²) in [7, 11) is 0. The van der Waals surface area contributed by atoms with Gasteiger partial charge in [0.15, 0.2) is 11.6 Å². The van der Waals surface area contributed by atoms with Crippen molar-refractivity contribution in [1.82, 2.24) is 20.1 Å². The lowest BCUT2D eigenvalue weighted by atomic mass is 10.2. The fraction of sp³-hybridized carbons (Fsp3) is 0.350. The van der Waals surface area contributed by atoms with Gasteiger partial charge in [-0.3, -0.25) is 4.79 Å². The van der Waals surface area contributed by atoms with Gasteiger partial charge in [0, 0.05) is 23.6 Å². The van der Waals surface area contributed by atoms with Crippen LogP contribution in [0, 0.1) is 0 Å². The number of nitrogens with zero attached hydrogens (tertiary/aromatic N) is 3. The first-order chi connectivity index (χ1) is 13.5. The summed E-state index contributed by atoms with van der Waals surface area (Å²) >= 11 is 12.3. The fourth-order valence-corrected chi connectivity index (χ4v) is 3.83. The van der Waals surface area contributed by atoms with Gasteiger partial charge in [0.05, 0.1) is 11.1 Å². The topological polar surface area (TPSA) is 73.0 Å². The molecule has 1 N–H and O–H groups in total. The molecule has 3 heterocycles. The number of nitrogens with one attached hydrogen (secondary N) is 1. The Bertz CT molecular complexity index is 1010. The van der Waals surface area contributed by atoms with Gasteiger partial charge >= 0.3 is 0 Å². The van der Waals surface area contributed by atoms with Crippen molar-refractivity contribution >= 4 is 29.1 Å². The molecule has 28 heavy (non-hydrogen) atoms. The zero-order valence-corrected chi connectivity index (χ0v) is 16.9. The number of carbonyl (C=O) groups excluding carboxylic acids is 1. The molecule has 0 fully saturated rings. The molecule has 6 nitrogen and oxygen atoms in total. The zero-order valence-electron chi connectivity index (χ0n) is 15.4. The van der Waals surface area contributed by atoms with Gasteiger partial charge in [0.2, 0.25) is 0 Å². The number of hydrogen-bond donors (Lipinski definition) is 1. The molecule has 8 heteroatoms. The molecule has 0 unspecified atom stereocenters. The Kier molecular flexibility index (Phi) is 5.42. The maximum Gasteiger partial charge on any atom is 0.287 e. The van der Waals surface area contributed by atoms with E-state index < -0.39 is 0 Å². The van der Waals surface area contributed by atoms with E-state index in [-0.39, 0.29) is 17.7 Å². The van der Waals surface area contributed by atoms with Gasteiger partial charge in [-0.15, -0.1) is 10.2 Å². The van der Waals surface area contributed by atoms with E-state index in [1.807, 2.05) is 6.92 Å². The smallest absolute Gasteiger partial charge is 0.287 e. The van der Waals surface area contributed by atoms with Crippen molar-refractivity contribution in [2.75, 3.05) is 0 Å². The van der Waals surface area contributed by atoms with Crippen molar-refractivity contribution in [1.29, 1.82) is 0 Å². The molecule has 1 amide bonds. The standard InChI is InChI=1S/C20H20Cl2N4O2/c1-12(19-25-24-18-5-3-2-4-10-26(18)19)23-20(27)17-9-8-16(28-17)14-11-13(21)6-7-15(14)22/h6-9,11-12H,2-5,10H2,1H3,(H,23,27)/t12-/m1/s1. The average molecular weight is 419 g/mol. The van der Waals surface area contributed by atoms with Crippen molar-refractivity contribution in [3.8, 4) is 11.3 Å². The number of amides is 1. The summed E-state index contributed by atoms with van der Waals surface area (Å²) in [5, 5.41) is 12.6. The summed E-state index contributed by atoms with van der Waals surface area (Å²) in [5.74, 6) is 2.14. The van der Waals surface area contributed by atoms with Crippen LogP contribution in [0.5, 0.6) is 0 Å². The second-order valence-corrected chi connectivity index (χ2v) is 7.76. The number of halogens is 2. The third-order valence-corrected chi connectivity index (χ3v) is 5.46. The van der Waals surface area contributed by atoms with Gasteiger partial charge in [-0.2, -0.15) is 0 Å². The SMILES string of the molecule is C[C@@H](NC(=O)c1ccc(-c2cc(Cl)ccc2Cl)o1)c1nnc2n1CCCCC2. The molecule has 1 atom stereocenters. The number of hydrogen-bond acceptors (Lipinski definition) is 4. The summed E-state index contributed by atoms with van der Waals surface area (Å²) in [4.78, 5) is 12.7. The van der Waals surface area contributed by atoms with Crippen LogP contribution in [0.25, 0.3) is 11.3 Å². The fourth-order valence-electron chi connectivity index (χ4n) is 3.45. The molecular weight excluding hydrogens is 399 g/mol. The molecule has 3 aromatic rings. The highest BCUT2D eigenvalue weighted by Crippen LogP contribution is 2.32. The molecule has 4 rings (SSSR count). The normalized spacial score (nSPS) is 15.0. The Morgan fingerprint density at radius 2 is 2.04 bits per heavy atom. The summed E-state index contributed by atoms with van der Waals surface area (Å²) in [6.07, 6.45) is 4.33. The van der Waals surface area contributed by atoms with Crippen molar-refractivity contribution in [3.05, 3.63) is 57.8 Å². The highest BCUT2D eigenvalue weighted by molar-refractivity contribution is 6.35. The van der Waals surface area contributed by atoms with Crippen LogP contribution in [-0.2, 0) is 13.0 Å². The van der Waals surface area contributed by atoms with E-state index in [9.17, 15) is 4.79 Å². The maximum atomic E-state index is 12.7. The predicted octanol–water partition coefficient (Wildman–Crippen LogP) is 5.06. The van der Waals surface area contributed by atoms with E-state index in [1.165, 1.54) is 6.42 Å². The molecule has 1 aliphatic heterocycles.